The van der Waals surface area contributed by atoms with Crippen molar-refractivity contribution in [1.82, 2.24) is 20.1 Å². The first-order valence-electron chi connectivity index (χ1n) is 8.75. The number of pyridine rings is 1. The molecule has 3 amide bonds. The predicted octanol–water partition coefficient (Wildman–Crippen LogP) is 2.61. The predicted molar refractivity (Wildman–Crippen MR) is 99.8 cm³/mol. The van der Waals surface area contributed by atoms with Crippen LogP contribution in [0.3, 0.4) is 0 Å². The van der Waals surface area contributed by atoms with Crippen molar-refractivity contribution in [3.05, 3.63) is 65.0 Å². The van der Waals surface area contributed by atoms with Crippen molar-refractivity contribution in [3.8, 4) is 0 Å². The van der Waals surface area contributed by atoms with Crippen molar-refractivity contribution < 1.29 is 9.59 Å². The number of aromatic nitrogens is 1. The Hall–Kier alpha value is -2.89. The Morgan fingerprint density at radius 1 is 1.19 bits per heavy atom. The Morgan fingerprint density at radius 3 is 2.62 bits per heavy atom. The van der Waals surface area contributed by atoms with Gasteiger partial charge in [0.1, 0.15) is 0 Å². The molecule has 0 saturated heterocycles. The zero-order valence-electron chi connectivity index (χ0n) is 15.4. The van der Waals surface area contributed by atoms with E-state index in [0.717, 1.165) is 16.7 Å². The fraction of sp³-hybridized carbons (Fsp3) is 0.350. The standard InChI is InChI=1S/C20H24N4O2/c1-14(15-7-5-4-6-8-15)22-19(25)18-12-21-11-16-13-24(10-9-17(16)18)20(26)23(2)3/h4-8,11-12,14H,9-10,13H2,1-3H3,(H,22,25). The highest BCUT2D eigenvalue weighted by atomic mass is 16.2. The Kier molecular flexibility index (Phi) is 5.21. The molecule has 1 unspecified atom stereocenters. The molecule has 0 radical (unpaired) electrons. The number of nitrogens with one attached hydrogen (secondary N) is 1. The van der Waals surface area contributed by atoms with Crippen molar-refractivity contribution in [2.75, 3.05) is 20.6 Å². The summed E-state index contributed by atoms with van der Waals surface area (Å²) in [6.07, 6.45) is 4.02. The van der Waals surface area contributed by atoms with Crippen LogP contribution in [0.15, 0.2) is 42.7 Å². The van der Waals surface area contributed by atoms with E-state index in [4.69, 9.17) is 0 Å². The van der Waals surface area contributed by atoms with E-state index >= 15 is 0 Å². The lowest BCUT2D eigenvalue weighted by Crippen LogP contribution is -2.42. The highest BCUT2D eigenvalue weighted by Crippen LogP contribution is 2.23. The molecule has 2 aromatic rings. The third kappa shape index (κ3) is 3.69. The van der Waals surface area contributed by atoms with Crippen LogP contribution in [-0.2, 0) is 13.0 Å². The van der Waals surface area contributed by atoms with Gasteiger partial charge in [-0.2, -0.15) is 0 Å². The molecule has 136 valence electrons. The van der Waals surface area contributed by atoms with Crippen LogP contribution in [0, 0.1) is 0 Å². The van der Waals surface area contributed by atoms with E-state index in [9.17, 15) is 9.59 Å². The summed E-state index contributed by atoms with van der Waals surface area (Å²) < 4.78 is 0. The molecule has 3 rings (SSSR count). The van der Waals surface area contributed by atoms with Crippen LogP contribution in [0.5, 0.6) is 0 Å². The Bertz CT molecular complexity index is 805. The third-order valence-corrected chi connectivity index (χ3v) is 4.68. The lowest BCUT2D eigenvalue weighted by molar-refractivity contribution is 0.0937. The van der Waals surface area contributed by atoms with Crippen LogP contribution < -0.4 is 5.32 Å². The molecule has 1 aromatic heterocycles. The average Bonchev–Trinajstić information content (AvgIpc) is 2.66. The maximum atomic E-state index is 12.8. The first kappa shape index (κ1) is 17.9. The number of amides is 3. The molecule has 0 fully saturated rings. The molecule has 0 spiro atoms. The first-order valence-corrected chi connectivity index (χ1v) is 8.75. The first-order chi connectivity index (χ1) is 12.5. The van der Waals surface area contributed by atoms with Gasteiger partial charge in [0, 0.05) is 39.6 Å². The molecule has 1 N–H and O–H groups in total. The van der Waals surface area contributed by atoms with Gasteiger partial charge in [-0.15, -0.1) is 0 Å². The minimum absolute atomic E-state index is 0.0248. The van der Waals surface area contributed by atoms with Crippen LogP contribution in [0.1, 0.15) is 40.0 Å². The number of carbonyl (C=O) groups excluding carboxylic acids is 2. The van der Waals surface area contributed by atoms with E-state index < -0.39 is 0 Å². The monoisotopic (exact) mass is 352 g/mol. The van der Waals surface area contributed by atoms with Gasteiger partial charge in [-0.25, -0.2) is 4.79 Å². The lowest BCUT2D eigenvalue weighted by Gasteiger charge is -2.31. The van der Waals surface area contributed by atoms with Crippen LogP contribution >= 0.6 is 0 Å². The van der Waals surface area contributed by atoms with Crippen molar-refractivity contribution >= 4 is 11.9 Å². The summed E-state index contributed by atoms with van der Waals surface area (Å²) in [6, 6.07) is 9.75. The number of rotatable bonds is 3. The number of hydrogen-bond donors (Lipinski definition) is 1. The molecular formula is C20H24N4O2. The summed E-state index contributed by atoms with van der Waals surface area (Å²) in [6.45, 7) is 3.05. The molecular weight excluding hydrogens is 328 g/mol. The van der Waals surface area contributed by atoms with Gasteiger partial charge >= 0.3 is 6.03 Å². The number of hydrogen-bond acceptors (Lipinski definition) is 3. The second-order valence-electron chi connectivity index (χ2n) is 6.78. The Balaban J connectivity index is 1.77. The van der Waals surface area contributed by atoms with Gasteiger partial charge in [0.15, 0.2) is 0 Å². The van der Waals surface area contributed by atoms with E-state index in [1.165, 1.54) is 0 Å². The van der Waals surface area contributed by atoms with Crippen molar-refractivity contribution in [3.63, 3.8) is 0 Å². The maximum Gasteiger partial charge on any atom is 0.319 e. The normalized spacial score (nSPS) is 14.3. The van der Waals surface area contributed by atoms with E-state index in [0.29, 0.717) is 25.1 Å². The van der Waals surface area contributed by atoms with Crippen LogP contribution in [0.2, 0.25) is 0 Å². The third-order valence-electron chi connectivity index (χ3n) is 4.68. The molecule has 26 heavy (non-hydrogen) atoms. The summed E-state index contributed by atoms with van der Waals surface area (Å²) in [4.78, 5) is 32.5. The van der Waals surface area contributed by atoms with Crippen LogP contribution in [0.4, 0.5) is 4.79 Å². The average molecular weight is 352 g/mol. The summed E-state index contributed by atoms with van der Waals surface area (Å²) in [7, 11) is 3.48. The van der Waals surface area contributed by atoms with Gasteiger partial charge < -0.3 is 15.1 Å². The molecule has 0 saturated carbocycles. The van der Waals surface area contributed by atoms with Gasteiger partial charge in [0.25, 0.3) is 5.91 Å². The van der Waals surface area contributed by atoms with Crippen molar-refractivity contribution in [2.45, 2.75) is 25.9 Å². The summed E-state index contributed by atoms with van der Waals surface area (Å²) >= 11 is 0. The highest BCUT2D eigenvalue weighted by Gasteiger charge is 2.26. The SMILES string of the molecule is CC(NC(=O)c1cncc2c1CCN(C(=O)N(C)C)C2)c1ccccc1. The summed E-state index contributed by atoms with van der Waals surface area (Å²) in [5, 5.41) is 3.05. The highest BCUT2D eigenvalue weighted by molar-refractivity contribution is 5.96. The van der Waals surface area contributed by atoms with Gasteiger partial charge in [0.05, 0.1) is 11.6 Å². The number of fused-ring (bicyclic) bond motifs is 1. The summed E-state index contributed by atoms with van der Waals surface area (Å²) in [5.41, 5.74) is 3.58. The largest absolute Gasteiger partial charge is 0.345 e. The smallest absolute Gasteiger partial charge is 0.319 e. The molecule has 2 heterocycles. The van der Waals surface area contributed by atoms with Crippen LogP contribution in [0.25, 0.3) is 0 Å². The minimum Gasteiger partial charge on any atom is -0.345 e. The maximum absolute atomic E-state index is 12.8. The number of carbonyl (C=O) groups is 2. The zero-order chi connectivity index (χ0) is 18.7. The lowest BCUT2D eigenvalue weighted by atomic mass is 9.96. The van der Waals surface area contributed by atoms with E-state index in [-0.39, 0.29) is 18.0 Å². The molecule has 6 nitrogen and oxygen atoms in total. The number of nitrogens with zero attached hydrogens (tertiary/aromatic N) is 3. The Morgan fingerprint density at radius 2 is 1.92 bits per heavy atom. The number of benzene rings is 1. The zero-order valence-corrected chi connectivity index (χ0v) is 15.4. The molecule has 1 aromatic carbocycles. The minimum atomic E-state index is -0.127. The molecule has 0 bridgehead atoms. The van der Waals surface area contributed by atoms with Gasteiger partial charge in [-0.05, 0) is 30.0 Å². The van der Waals surface area contributed by atoms with Gasteiger partial charge in [-0.1, -0.05) is 30.3 Å². The van der Waals surface area contributed by atoms with Crippen LogP contribution in [-0.4, -0.2) is 47.4 Å². The summed E-state index contributed by atoms with van der Waals surface area (Å²) in [5.74, 6) is -0.127. The second kappa shape index (κ2) is 7.56. The van der Waals surface area contributed by atoms with E-state index in [2.05, 4.69) is 10.3 Å². The molecule has 1 aliphatic rings. The fourth-order valence-corrected chi connectivity index (χ4v) is 3.23. The molecule has 6 heteroatoms. The van der Waals surface area contributed by atoms with E-state index in [1.807, 2.05) is 37.3 Å². The fourth-order valence-electron chi connectivity index (χ4n) is 3.23. The molecule has 1 aliphatic heterocycles. The van der Waals surface area contributed by atoms with Crippen molar-refractivity contribution in [2.24, 2.45) is 0 Å². The van der Waals surface area contributed by atoms with Gasteiger partial charge in [0.2, 0.25) is 0 Å². The topological polar surface area (TPSA) is 65.5 Å². The second-order valence-corrected chi connectivity index (χ2v) is 6.78. The Labute approximate surface area is 153 Å². The number of urea groups is 1. The van der Waals surface area contributed by atoms with E-state index in [1.54, 1.807) is 36.3 Å². The van der Waals surface area contributed by atoms with Crippen molar-refractivity contribution in [1.29, 1.82) is 0 Å². The van der Waals surface area contributed by atoms with Gasteiger partial charge in [-0.3, -0.25) is 9.78 Å². The molecule has 0 aliphatic carbocycles. The molecule has 1 atom stereocenters. The quantitative estimate of drug-likeness (QED) is 0.923.